The Labute approximate surface area is 136 Å². The Balaban J connectivity index is 1.62. The van der Waals surface area contributed by atoms with Gasteiger partial charge in [-0.05, 0) is 50.2 Å². The van der Waals surface area contributed by atoms with E-state index < -0.39 is 0 Å². The Bertz CT molecular complexity index is 722. The van der Waals surface area contributed by atoms with Gasteiger partial charge in [-0.2, -0.15) is 0 Å². The molecule has 2 unspecified atom stereocenters. The van der Waals surface area contributed by atoms with Gasteiger partial charge < -0.3 is 9.42 Å². The zero-order valence-corrected chi connectivity index (χ0v) is 13.5. The van der Waals surface area contributed by atoms with Crippen LogP contribution >= 0.6 is 0 Å². The molecular formula is C19H22N2O2. The van der Waals surface area contributed by atoms with E-state index in [9.17, 15) is 4.79 Å². The second-order valence-corrected chi connectivity index (χ2v) is 6.70. The first-order valence-corrected chi connectivity index (χ1v) is 8.55. The molecule has 4 heteroatoms. The molecule has 2 atom stereocenters. The van der Waals surface area contributed by atoms with Crippen molar-refractivity contribution in [1.29, 1.82) is 0 Å². The number of benzene rings is 1. The van der Waals surface area contributed by atoms with Crippen LogP contribution in [0.1, 0.15) is 60.2 Å². The summed E-state index contributed by atoms with van der Waals surface area (Å²) in [5.74, 6) is 1.09. The maximum atomic E-state index is 13.2. The van der Waals surface area contributed by atoms with Gasteiger partial charge >= 0.3 is 0 Å². The minimum Gasteiger partial charge on any atom is -0.359 e. The lowest BCUT2D eigenvalue weighted by Gasteiger charge is -2.31. The van der Waals surface area contributed by atoms with Crippen LogP contribution in [-0.2, 0) is 11.2 Å². The normalized spacial score (nSPS) is 23.8. The van der Waals surface area contributed by atoms with Gasteiger partial charge in [-0.25, -0.2) is 0 Å². The summed E-state index contributed by atoms with van der Waals surface area (Å²) in [4.78, 5) is 15.2. The minimum absolute atomic E-state index is 0.00423. The van der Waals surface area contributed by atoms with Gasteiger partial charge in [-0.3, -0.25) is 4.79 Å². The lowest BCUT2D eigenvalue weighted by Crippen LogP contribution is -2.36. The van der Waals surface area contributed by atoms with Gasteiger partial charge in [0.2, 0.25) is 5.91 Å². The number of rotatable bonds is 2. The van der Waals surface area contributed by atoms with E-state index in [-0.39, 0.29) is 17.9 Å². The topological polar surface area (TPSA) is 46.3 Å². The SMILES string of the molecule is Cc1cc(C2CCCN2C(=O)C2CCCc3ccccc32)on1. The van der Waals surface area contributed by atoms with E-state index in [4.69, 9.17) is 4.52 Å². The van der Waals surface area contributed by atoms with Gasteiger partial charge in [-0.15, -0.1) is 0 Å². The third-order valence-electron chi connectivity index (χ3n) is 5.18. The third kappa shape index (κ3) is 2.56. The molecular weight excluding hydrogens is 288 g/mol. The molecule has 0 spiro atoms. The van der Waals surface area contributed by atoms with E-state index in [1.54, 1.807) is 0 Å². The first-order valence-electron chi connectivity index (χ1n) is 8.55. The summed E-state index contributed by atoms with van der Waals surface area (Å²) in [7, 11) is 0. The molecule has 1 fully saturated rings. The summed E-state index contributed by atoms with van der Waals surface area (Å²) in [5, 5.41) is 3.99. The lowest BCUT2D eigenvalue weighted by atomic mass is 9.82. The quantitative estimate of drug-likeness (QED) is 0.848. The van der Waals surface area contributed by atoms with Gasteiger partial charge in [0.25, 0.3) is 0 Å². The van der Waals surface area contributed by atoms with Gasteiger partial charge in [0.1, 0.15) is 0 Å². The van der Waals surface area contributed by atoms with Gasteiger partial charge in [0, 0.05) is 12.6 Å². The highest BCUT2D eigenvalue weighted by molar-refractivity contribution is 5.85. The van der Waals surface area contributed by atoms with Crippen LogP contribution in [-0.4, -0.2) is 22.5 Å². The van der Waals surface area contributed by atoms with Crippen LogP contribution < -0.4 is 0 Å². The first kappa shape index (κ1) is 14.5. The number of hydrogen-bond acceptors (Lipinski definition) is 3. The molecule has 1 aliphatic heterocycles. The van der Waals surface area contributed by atoms with E-state index in [1.165, 1.54) is 11.1 Å². The van der Waals surface area contributed by atoms with E-state index in [0.717, 1.165) is 50.1 Å². The molecule has 0 N–H and O–H groups in total. The van der Waals surface area contributed by atoms with Crippen molar-refractivity contribution in [1.82, 2.24) is 10.1 Å². The zero-order valence-electron chi connectivity index (χ0n) is 13.5. The number of aryl methyl sites for hydroxylation is 2. The standard InChI is InChI=1S/C19H22N2O2/c1-13-12-18(23-20-13)17-10-5-11-21(17)19(22)16-9-4-7-14-6-2-3-8-15(14)16/h2-3,6,8,12,16-17H,4-5,7,9-11H2,1H3. The summed E-state index contributed by atoms with van der Waals surface area (Å²) < 4.78 is 5.44. The number of amides is 1. The fourth-order valence-electron chi connectivity index (χ4n) is 4.08. The Kier molecular flexibility index (Phi) is 3.68. The minimum atomic E-state index is 0.00423. The van der Waals surface area contributed by atoms with E-state index in [0.29, 0.717) is 0 Å². The molecule has 1 saturated heterocycles. The molecule has 0 radical (unpaired) electrons. The molecule has 23 heavy (non-hydrogen) atoms. The predicted molar refractivity (Wildman–Crippen MR) is 87.0 cm³/mol. The maximum absolute atomic E-state index is 13.2. The highest BCUT2D eigenvalue weighted by Gasteiger charge is 2.37. The van der Waals surface area contributed by atoms with Crippen molar-refractivity contribution in [3.8, 4) is 0 Å². The molecule has 2 aliphatic rings. The Hall–Kier alpha value is -2.10. The monoisotopic (exact) mass is 310 g/mol. The second-order valence-electron chi connectivity index (χ2n) is 6.70. The van der Waals surface area contributed by atoms with E-state index >= 15 is 0 Å². The third-order valence-corrected chi connectivity index (χ3v) is 5.18. The van der Waals surface area contributed by atoms with Crippen LogP contribution in [0.2, 0.25) is 0 Å². The summed E-state index contributed by atoms with van der Waals surface area (Å²) >= 11 is 0. The van der Waals surface area contributed by atoms with Gasteiger partial charge in [0.05, 0.1) is 17.7 Å². The number of likely N-dealkylation sites (tertiary alicyclic amines) is 1. The molecule has 1 aromatic carbocycles. The molecule has 120 valence electrons. The smallest absolute Gasteiger partial charge is 0.230 e. The molecule has 1 aromatic heterocycles. The van der Waals surface area contributed by atoms with Crippen LogP contribution in [0.4, 0.5) is 0 Å². The number of carbonyl (C=O) groups excluding carboxylic acids is 1. The summed E-state index contributed by atoms with van der Waals surface area (Å²) in [6.07, 6.45) is 5.13. The summed E-state index contributed by atoms with van der Waals surface area (Å²) in [6.45, 7) is 2.74. The maximum Gasteiger partial charge on any atom is 0.230 e. The Morgan fingerprint density at radius 1 is 1.26 bits per heavy atom. The molecule has 2 heterocycles. The summed E-state index contributed by atoms with van der Waals surface area (Å²) in [6, 6.07) is 10.4. The highest BCUT2D eigenvalue weighted by atomic mass is 16.5. The average molecular weight is 310 g/mol. The van der Waals surface area contributed by atoms with Gasteiger partial charge in [0.15, 0.2) is 5.76 Å². The van der Waals surface area contributed by atoms with E-state index in [1.807, 2.05) is 24.0 Å². The van der Waals surface area contributed by atoms with Crippen LogP contribution in [0.5, 0.6) is 0 Å². The van der Waals surface area contributed by atoms with Crippen molar-refractivity contribution >= 4 is 5.91 Å². The van der Waals surface area contributed by atoms with Crippen molar-refractivity contribution in [3.63, 3.8) is 0 Å². The number of carbonyl (C=O) groups is 1. The predicted octanol–water partition coefficient (Wildman–Crippen LogP) is 3.77. The van der Waals surface area contributed by atoms with Crippen LogP contribution in [0, 0.1) is 6.92 Å². The zero-order chi connectivity index (χ0) is 15.8. The van der Waals surface area contributed by atoms with Crippen molar-refractivity contribution in [2.45, 2.75) is 51.0 Å². The van der Waals surface area contributed by atoms with Crippen molar-refractivity contribution in [3.05, 3.63) is 52.9 Å². The van der Waals surface area contributed by atoms with Crippen LogP contribution in [0.15, 0.2) is 34.9 Å². The van der Waals surface area contributed by atoms with E-state index in [2.05, 4.69) is 23.4 Å². The molecule has 0 bridgehead atoms. The Morgan fingerprint density at radius 2 is 2.13 bits per heavy atom. The number of hydrogen-bond donors (Lipinski definition) is 0. The molecule has 4 nitrogen and oxygen atoms in total. The average Bonchev–Trinajstić information content (AvgIpc) is 3.22. The first-order chi connectivity index (χ1) is 11.2. The Morgan fingerprint density at radius 3 is 2.96 bits per heavy atom. The molecule has 1 aliphatic carbocycles. The molecule has 0 saturated carbocycles. The number of nitrogens with zero attached hydrogens (tertiary/aromatic N) is 2. The molecule has 2 aromatic rings. The second kappa shape index (κ2) is 5.84. The molecule has 1 amide bonds. The van der Waals surface area contributed by atoms with Crippen molar-refractivity contribution in [2.24, 2.45) is 0 Å². The fourth-order valence-corrected chi connectivity index (χ4v) is 4.08. The number of aromatic nitrogens is 1. The molecule has 4 rings (SSSR count). The van der Waals surface area contributed by atoms with Gasteiger partial charge in [-0.1, -0.05) is 29.4 Å². The number of fused-ring (bicyclic) bond motifs is 1. The van der Waals surface area contributed by atoms with Crippen molar-refractivity contribution < 1.29 is 9.32 Å². The van der Waals surface area contributed by atoms with Crippen LogP contribution in [0.3, 0.4) is 0 Å². The van der Waals surface area contributed by atoms with Crippen LogP contribution in [0.25, 0.3) is 0 Å². The largest absolute Gasteiger partial charge is 0.359 e. The highest BCUT2D eigenvalue weighted by Crippen LogP contribution is 2.38. The fraction of sp³-hybridized carbons (Fsp3) is 0.474. The lowest BCUT2D eigenvalue weighted by molar-refractivity contribution is -0.134. The summed E-state index contributed by atoms with van der Waals surface area (Å²) in [5.41, 5.74) is 3.44. The van der Waals surface area contributed by atoms with Crippen molar-refractivity contribution in [2.75, 3.05) is 6.54 Å².